The summed E-state index contributed by atoms with van der Waals surface area (Å²) in [5.74, 6) is 1.95. The summed E-state index contributed by atoms with van der Waals surface area (Å²) in [6.07, 6.45) is 6.43. The van der Waals surface area contributed by atoms with Crippen LogP contribution < -0.4 is 0 Å². The van der Waals surface area contributed by atoms with Crippen molar-refractivity contribution in [3.63, 3.8) is 0 Å². The van der Waals surface area contributed by atoms with Crippen molar-refractivity contribution in [1.82, 2.24) is 24.1 Å². The summed E-state index contributed by atoms with van der Waals surface area (Å²) in [7, 11) is 0. The van der Waals surface area contributed by atoms with Crippen LogP contribution in [-0.4, -0.2) is 24.1 Å². The molecule has 0 saturated carbocycles. The van der Waals surface area contributed by atoms with E-state index in [0.717, 1.165) is 40.7 Å². The Morgan fingerprint density at radius 2 is 1.09 bits per heavy atom. The summed E-state index contributed by atoms with van der Waals surface area (Å²) in [5, 5.41) is 3.63. The van der Waals surface area contributed by atoms with Crippen LogP contribution >= 0.6 is 0 Å². The first-order valence-corrected chi connectivity index (χ1v) is 15.0. The molecule has 208 valence electrons. The molecule has 0 radical (unpaired) electrons. The summed E-state index contributed by atoms with van der Waals surface area (Å²) < 4.78 is 4.71. The standard InChI is InChI=1S/C39H27N5/c1-4-14-26(15-5-1)37-40-38(27-16-6-2-7-17-27)42-39(41-37)44-34-23-13-11-21-30(34)32-25-24-31-29-20-10-12-22-33(29)43(35(31)36(32)44)28-18-8-3-9-19-28/h1-12,14-22,24-25H,13,23H2. The number of aromatic nitrogens is 5. The molecule has 5 heteroatoms. The highest BCUT2D eigenvalue weighted by Crippen LogP contribution is 2.42. The van der Waals surface area contributed by atoms with Crippen LogP contribution in [0.15, 0.2) is 133 Å². The van der Waals surface area contributed by atoms with Gasteiger partial charge in [0.25, 0.3) is 0 Å². The Balaban J connectivity index is 1.46. The van der Waals surface area contributed by atoms with Crippen molar-refractivity contribution in [3.8, 4) is 34.4 Å². The lowest BCUT2D eigenvalue weighted by Crippen LogP contribution is -2.10. The van der Waals surface area contributed by atoms with E-state index in [-0.39, 0.29) is 0 Å². The Hall–Kier alpha value is -5.81. The fraction of sp³-hybridized carbons (Fsp3) is 0.0513. The maximum atomic E-state index is 5.20. The van der Waals surface area contributed by atoms with Crippen LogP contribution in [0.4, 0.5) is 0 Å². The Morgan fingerprint density at radius 3 is 1.80 bits per heavy atom. The van der Waals surface area contributed by atoms with Gasteiger partial charge in [-0.1, -0.05) is 121 Å². The van der Waals surface area contributed by atoms with Crippen LogP contribution in [0.3, 0.4) is 0 Å². The van der Waals surface area contributed by atoms with E-state index in [2.05, 4.69) is 112 Å². The minimum atomic E-state index is 0.636. The predicted octanol–water partition coefficient (Wildman–Crippen LogP) is 9.21. The Morgan fingerprint density at radius 1 is 0.500 bits per heavy atom. The zero-order chi connectivity index (χ0) is 29.0. The minimum Gasteiger partial charge on any atom is -0.307 e. The van der Waals surface area contributed by atoms with Crippen molar-refractivity contribution in [3.05, 3.63) is 145 Å². The maximum Gasteiger partial charge on any atom is 0.238 e. The quantitative estimate of drug-likeness (QED) is 0.214. The number of nitrogens with zero attached hydrogens (tertiary/aromatic N) is 5. The van der Waals surface area contributed by atoms with Gasteiger partial charge in [0.05, 0.1) is 16.6 Å². The third-order valence-corrected chi connectivity index (χ3v) is 8.64. The second-order valence-corrected chi connectivity index (χ2v) is 11.2. The molecule has 0 bridgehead atoms. The van der Waals surface area contributed by atoms with Crippen molar-refractivity contribution < 1.29 is 0 Å². The van der Waals surface area contributed by atoms with Gasteiger partial charge in [-0.3, -0.25) is 4.57 Å². The molecule has 9 rings (SSSR count). The van der Waals surface area contributed by atoms with E-state index in [1.807, 2.05) is 36.4 Å². The number of hydrogen-bond acceptors (Lipinski definition) is 3. The van der Waals surface area contributed by atoms with Crippen molar-refractivity contribution in [2.45, 2.75) is 12.8 Å². The van der Waals surface area contributed by atoms with Gasteiger partial charge in [-0.25, -0.2) is 4.98 Å². The molecule has 0 N–H and O–H groups in total. The third kappa shape index (κ3) is 3.76. The second kappa shape index (κ2) is 9.89. The molecule has 1 aliphatic rings. The summed E-state index contributed by atoms with van der Waals surface area (Å²) in [5.41, 5.74) is 8.95. The molecule has 1 aliphatic carbocycles. The lowest BCUT2D eigenvalue weighted by Gasteiger charge is -2.15. The fourth-order valence-electron chi connectivity index (χ4n) is 6.71. The number of allylic oxidation sites excluding steroid dienone is 1. The molecule has 3 aromatic heterocycles. The van der Waals surface area contributed by atoms with Crippen LogP contribution in [-0.2, 0) is 6.42 Å². The maximum absolute atomic E-state index is 5.20. The highest BCUT2D eigenvalue weighted by molar-refractivity contribution is 6.19. The number of hydrogen-bond donors (Lipinski definition) is 0. The van der Waals surface area contributed by atoms with Gasteiger partial charge >= 0.3 is 0 Å². The summed E-state index contributed by atoms with van der Waals surface area (Å²) >= 11 is 0. The number of benzene rings is 5. The number of fused-ring (bicyclic) bond motifs is 7. The summed E-state index contributed by atoms with van der Waals surface area (Å²) in [4.78, 5) is 15.4. The molecule has 0 atom stereocenters. The largest absolute Gasteiger partial charge is 0.307 e. The van der Waals surface area contributed by atoms with E-state index < -0.39 is 0 Å². The van der Waals surface area contributed by atoms with Crippen molar-refractivity contribution >= 4 is 38.8 Å². The average Bonchev–Trinajstić information content (AvgIpc) is 3.62. The van der Waals surface area contributed by atoms with E-state index >= 15 is 0 Å². The van der Waals surface area contributed by atoms with Gasteiger partial charge in [-0.15, -0.1) is 0 Å². The first-order valence-electron chi connectivity index (χ1n) is 15.0. The lowest BCUT2D eigenvalue weighted by molar-refractivity contribution is 0.839. The predicted molar refractivity (Wildman–Crippen MR) is 179 cm³/mol. The van der Waals surface area contributed by atoms with Gasteiger partial charge in [0, 0.05) is 44.2 Å². The van der Waals surface area contributed by atoms with Gasteiger partial charge in [0.15, 0.2) is 11.6 Å². The third-order valence-electron chi connectivity index (χ3n) is 8.64. The van der Waals surface area contributed by atoms with Gasteiger partial charge in [-0.05, 0) is 31.0 Å². The molecule has 5 aromatic carbocycles. The van der Waals surface area contributed by atoms with Gasteiger partial charge in [0.2, 0.25) is 5.95 Å². The highest BCUT2D eigenvalue weighted by atomic mass is 15.2. The van der Waals surface area contributed by atoms with Crippen molar-refractivity contribution in [2.75, 3.05) is 0 Å². The SMILES string of the molecule is C1=Cc2c(n(-c3nc(-c4ccccc4)nc(-c4ccccc4)n3)c3c2ccc2c4ccccc4n(-c4ccccc4)c23)CC1. The molecule has 5 nitrogen and oxygen atoms in total. The second-order valence-electron chi connectivity index (χ2n) is 11.2. The van der Waals surface area contributed by atoms with E-state index in [0.29, 0.717) is 17.6 Å². The molecule has 0 fully saturated rings. The topological polar surface area (TPSA) is 48.5 Å². The molecule has 44 heavy (non-hydrogen) atoms. The normalized spacial score (nSPS) is 12.7. The Bertz CT molecular complexity index is 2310. The fourth-order valence-corrected chi connectivity index (χ4v) is 6.71. The van der Waals surface area contributed by atoms with Crippen LogP contribution in [0.1, 0.15) is 17.7 Å². The molecular formula is C39H27N5. The molecule has 0 aliphatic heterocycles. The van der Waals surface area contributed by atoms with Crippen LogP contribution in [0.2, 0.25) is 0 Å². The van der Waals surface area contributed by atoms with Gasteiger partial charge in [0.1, 0.15) is 0 Å². The van der Waals surface area contributed by atoms with Crippen LogP contribution in [0.25, 0.3) is 73.2 Å². The molecule has 0 unspecified atom stereocenters. The smallest absolute Gasteiger partial charge is 0.238 e. The van der Waals surface area contributed by atoms with Crippen molar-refractivity contribution in [2.24, 2.45) is 0 Å². The molecule has 0 saturated heterocycles. The monoisotopic (exact) mass is 565 g/mol. The zero-order valence-electron chi connectivity index (χ0n) is 23.9. The molecular weight excluding hydrogens is 538 g/mol. The minimum absolute atomic E-state index is 0.636. The molecule has 0 spiro atoms. The average molecular weight is 566 g/mol. The summed E-state index contributed by atoms with van der Waals surface area (Å²) in [6.45, 7) is 0. The highest BCUT2D eigenvalue weighted by Gasteiger charge is 2.26. The van der Waals surface area contributed by atoms with Crippen LogP contribution in [0, 0.1) is 0 Å². The van der Waals surface area contributed by atoms with E-state index in [1.165, 1.54) is 32.9 Å². The van der Waals surface area contributed by atoms with E-state index in [9.17, 15) is 0 Å². The van der Waals surface area contributed by atoms with Crippen LogP contribution in [0.5, 0.6) is 0 Å². The van der Waals surface area contributed by atoms with E-state index in [4.69, 9.17) is 15.0 Å². The Labute approximate surface area is 254 Å². The summed E-state index contributed by atoms with van der Waals surface area (Å²) in [6, 6.07) is 44.3. The van der Waals surface area contributed by atoms with Crippen molar-refractivity contribution in [1.29, 1.82) is 0 Å². The Kier molecular flexibility index (Phi) is 5.56. The number of para-hydroxylation sites is 2. The van der Waals surface area contributed by atoms with Gasteiger partial charge < -0.3 is 4.57 Å². The zero-order valence-corrected chi connectivity index (χ0v) is 23.9. The van der Waals surface area contributed by atoms with Gasteiger partial charge in [-0.2, -0.15) is 9.97 Å². The van der Waals surface area contributed by atoms with E-state index in [1.54, 1.807) is 0 Å². The number of rotatable bonds is 4. The first kappa shape index (κ1) is 24.8. The lowest BCUT2D eigenvalue weighted by atomic mass is 10.0. The molecule has 8 aromatic rings. The molecule has 3 heterocycles. The first-order chi connectivity index (χ1) is 21.8. The molecule has 0 amide bonds.